The van der Waals surface area contributed by atoms with Crippen LogP contribution in [0, 0.1) is 6.92 Å². The molecule has 206 valence electrons. The van der Waals surface area contributed by atoms with Gasteiger partial charge in [0.15, 0.2) is 0 Å². The van der Waals surface area contributed by atoms with Crippen molar-refractivity contribution < 1.29 is 19.4 Å². The SMILES string of the molecule is Cc1ccc(Cn2cc(C[C@@H](C(=O)O)N(C)C(=O)OCC3c4ccccc4-c4ccccc43)c3ccccc32)cc1. The molecule has 1 atom stereocenters. The first-order valence-electron chi connectivity index (χ1n) is 13.8. The molecule has 0 radical (unpaired) electrons. The van der Waals surface area contributed by atoms with Crippen LogP contribution in [0.15, 0.2) is 103 Å². The van der Waals surface area contributed by atoms with Gasteiger partial charge in [0.2, 0.25) is 0 Å². The minimum absolute atomic E-state index is 0.0947. The van der Waals surface area contributed by atoms with Crippen molar-refractivity contribution in [2.75, 3.05) is 13.7 Å². The number of aromatic nitrogens is 1. The lowest BCUT2D eigenvalue weighted by Crippen LogP contribution is -2.44. The number of amides is 1. The molecule has 0 fully saturated rings. The third kappa shape index (κ3) is 5.09. The summed E-state index contributed by atoms with van der Waals surface area (Å²) >= 11 is 0. The maximum absolute atomic E-state index is 13.2. The van der Waals surface area contributed by atoms with E-state index in [2.05, 4.69) is 60.0 Å². The van der Waals surface area contributed by atoms with Gasteiger partial charge in [-0.05, 0) is 46.4 Å². The first-order valence-corrected chi connectivity index (χ1v) is 13.8. The molecule has 1 aliphatic rings. The van der Waals surface area contributed by atoms with Gasteiger partial charge in [-0.3, -0.25) is 4.90 Å². The summed E-state index contributed by atoms with van der Waals surface area (Å²) in [4.78, 5) is 26.9. The molecule has 5 aromatic rings. The predicted molar refractivity (Wildman–Crippen MR) is 160 cm³/mol. The number of benzene rings is 4. The van der Waals surface area contributed by atoms with Crippen LogP contribution in [-0.2, 0) is 22.5 Å². The summed E-state index contributed by atoms with van der Waals surface area (Å²) in [6.07, 6.45) is 1.52. The number of carboxylic acid groups (broad SMARTS) is 1. The lowest BCUT2D eigenvalue weighted by molar-refractivity contribution is -0.142. The molecule has 0 saturated carbocycles. The molecule has 6 rings (SSSR count). The van der Waals surface area contributed by atoms with E-state index < -0.39 is 18.1 Å². The van der Waals surface area contributed by atoms with Gasteiger partial charge in [-0.2, -0.15) is 0 Å². The fraction of sp³-hybridized carbons (Fsp3) is 0.200. The topological polar surface area (TPSA) is 71.8 Å². The van der Waals surface area contributed by atoms with Gasteiger partial charge in [-0.15, -0.1) is 0 Å². The van der Waals surface area contributed by atoms with E-state index in [1.54, 1.807) is 0 Å². The average molecular weight is 545 g/mol. The van der Waals surface area contributed by atoms with Crippen LogP contribution in [0.3, 0.4) is 0 Å². The predicted octanol–water partition coefficient (Wildman–Crippen LogP) is 6.87. The number of carbonyl (C=O) groups excluding carboxylic acids is 1. The lowest BCUT2D eigenvalue weighted by Gasteiger charge is -2.25. The Labute approximate surface area is 239 Å². The molecule has 1 amide bonds. The van der Waals surface area contributed by atoms with Gasteiger partial charge in [0.1, 0.15) is 12.6 Å². The maximum atomic E-state index is 13.2. The Bertz CT molecular complexity index is 1690. The van der Waals surface area contributed by atoms with Crippen molar-refractivity contribution in [1.29, 1.82) is 0 Å². The smallest absolute Gasteiger partial charge is 0.410 e. The van der Waals surface area contributed by atoms with Gasteiger partial charge in [0.25, 0.3) is 0 Å². The van der Waals surface area contributed by atoms with E-state index in [1.165, 1.54) is 17.5 Å². The molecule has 6 heteroatoms. The standard InChI is InChI=1S/C35H32N2O4/c1-23-15-17-24(18-16-23)20-37-21-25(26-9-7-8-14-32(26)37)19-33(34(38)39)36(2)35(40)41-22-31-29-12-5-3-10-27(29)28-11-4-6-13-30(28)31/h3-18,21,31,33H,19-20,22H2,1-2H3,(H,38,39)/t33-/m0/s1. The Hall–Kier alpha value is -4.84. The van der Waals surface area contributed by atoms with E-state index in [0.29, 0.717) is 6.54 Å². The molecular formula is C35H32N2O4. The highest BCUT2D eigenvalue weighted by molar-refractivity contribution is 5.86. The van der Waals surface area contributed by atoms with Crippen molar-refractivity contribution in [3.63, 3.8) is 0 Å². The summed E-state index contributed by atoms with van der Waals surface area (Å²) in [5, 5.41) is 11.2. The lowest BCUT2D eigenvalue weighted by atomic mass is 9.98. The number of nitrogens with zero attached hydrogens (tertiary/aromatic N) is 2. The molecule has 1 heterocycles. The van der Waals surface area contributed by atoms with Crippen LogP contribution < -0.4 is 0 Å². The van der Waals surface area contributed by atoms with Gasteiger partial charge in [0, 0.05) is 43.0 Å². The van der Waals surface area contributed by atoms with E-state index in [1.807, 2.05) is 54.7 Å². The van der Waals surface area contributed by atoms with Crippen molar-refractivity contribution >= 4 is 23.0 Å². The Morgan fingerprint density at radius 3 is 2.15 bits per heavy atom. The molecule has 4 aromatic carbocycles. The van der Waals surface area contributed by atoms with E-state index >= 15 is 0 Å². The summed E-state index contributed by atoms with van der Waals surface area (Å²) in [5.41, 5.74) is 8.77. The quantitative estimate of drug-likeness (QED) is 0.231. The van der Waals surface area contributed by atoms with Gasteiger partial charge in [0.05, 0.1) is 0 Å². The highest BCUT2D eigenvalue weighted by Gasteiger charge is 2.32. The summed E-state index contributed by atoms with van der Waals surface area (Å²) < 4.78 is 7.91. The monoisotopic (exact) mass is 544 g/mol. The minimum Gasteiger partial charge on any atom is -0.480 e. The van der Waals surface area contributed by atoms with Gasteiger partial charge >= 0.3 is 12.1 Å². The zero-order chi connectivity index (χ0) is 28.5. The van der Waals surface area contributed by atoms with Crippen molar-refractivity contribution in [3.8, 4) is 11.1 Å². The number of fused-ring (bicyclic) bond motifs is 4. The molecule has 0 unspecified atom stereocenters. The minimum atomic E-state index is -1.08. The molecule has 0 saturated heterocycles. The number of carboxylic acids is 1. The fourth-order valence-corrected chi connectivity index (χ4v) is 5.93. The number of likely N-dealkylation sites (N-methyl/N-ethyl adjacent to an activating group) is 1. The maximum Gasteiger partial charge on any atom is 0.410 e. The second-order valence-corrected chi connectivity index (χ2v) is 10.8. The van der Waals surface area contributed by atoms with Crippen LogP contribution in [0.2, 0.25) is 0 Å². The van der Waals surface area contributed by atoms with E-state index in [-0.39, 0.29) is 18.9 Å². The van der Waals surface area contributed by atoms with Gasteiger partial charge in [-0.25, -0.2) is 9.59 Å². The molecule has 0 bridgehead atoms. The van der Waals surface area contributed by atoms with Crippen LogP contribution in [0.1, 0.15) is 33.7 Å². The number of para-hydroxylation sites is 1. The normalized spacial score (nSPS) is 13.0. The highest BCUT2D eigenvalue weighted by Crippen LogP contribution is 2.44. The summed E-state index contributed by atoms with van der Waals surface area (Å²) in [6, 6.07) is 31.6. The third-order valence-corrected chi connectivity index (χ3v) is 8.13. The van der Waals surface area contributed by atoms with Crippen LogP contribution >= 0.6 is 0 Å². The van der Waals surface area contributed by atoms with Crippen molar-refractivity contribution in [2.24, 2.45) is 0 Å². The molecular weight excluding hydrogens is 512 g/mol. The molecule has 6 nitrogen and oxygen atoms in total. The molecule has 41 heavy (non-hydrogen) atoms. The van der Waals surface area contributed by atoms with Gasteiger partial charge < -0.3 is 14.4 Å². The third-order valence-electron chi connectivity index (χ3n) is 8.13. The Morgan fingerprint density at radius 2 is 1.49 bits per heavy atom. The van der Waals surface area contributed by atoms with Gasteiger partial charge in [-0.1, -0.05) is 96.6 Å². The van der Waals surface area contributed by atoms with Crippen LogP contribution in [-0.4, -0.2) is 46.3 Å². The fourth-order valence-electron chi connectivity index (χ4n) is 5.93. The molecule has 0 aliphatic heterocycles. The number of ether oxygens (including phenoxy) is 1. The summed E-state index contributed by atoms with van der Waals surface area (Å²) in [7, 11) is 1.50. The Kier molecular flexibility index (Phi) is 7.06. The number of aliphatic carboxylic acids is 1. The largest absolute Gasteiger partial charge is 0.480 e. The van der Waals surface area contributed by atoms with E-state index in [0.717, 1.165) is 44.3 Å². The van der Waals surface area contributed by atoms with Crippen molar-refractivity contribution in [3.05, 3.63) is 131 Å². The molecule has 0 spiro atoms. The zero-order valence-corrected chi connectivity index (χ0v) is 23.2. The van der Waals surface area contributed by atoms with Crippen molar-refractivity contribution in [1.82, 2.24) is 9.47 Å². The number of aryl methyl sites for hydroxylation is 1. The van der Waals surface area contributed by atoms with Crippen molar-refractivity contribution in [2.45, 2.75) is 31.8 Å². The first kappa shape index (κ1) is 26.4. The second-order valence-electron chi connectivity index (χ2n) is 10.8. The van der Waals surface area contributed by atoms with Crippen LogP contribution in [0.25, 0.3) is 22.0 Å². The Morgan fingerprint density at radius 1 is 0.878 bits per heavy atom. The number of hydrogen-bond acceptors (Lipinski definition) is 3. The molecule has 1 aromatic heterocycles. The molecule has 1 aliphatic carbocycles. The Balaban J connectivity index is 1.20. The summed E-state index contributed by atoms with van der Waals surface area (Å²) in [5.74, 6) is -1.17. The first-order chi connectivity index (χ1) is 19.9. The number of rotatable bonds is 8. The number of carbonyl (C=O) groups is 2. The second kappa shape index (κ2) is 11.0. The van der Waals surface area contributed by atoms with E-state index in [9.17, 15) is 14.7 Å². The number of hydrogen-bond donors (Lipinski definition) is 1. The molecule has 1 N–H and O–H groups in total. The van der Waals surface area contributed by atoms with Crippen LogP contribution in [0.4, 0.5) is 4.79 Å². The van der Waals surface area contributed by atoms with E-state index in [4.69, 9.17) is 4.74 Å². The summed E-state index contributed by atoms with van der Waals surface area (Å²) in [6.45, 7) is 2.87. The highest BCUT2D eigenvalue weighted by atomic mass is 16.6. The zero-order valence-electron chi connectivity index (χ0n) is 23.2. The van der Waals surface area contributed by atoms with Crippen LogP contribution in [0.5, 0.6) is 0 Å². The average Bonchev–Trinajstić information content (AvgIpc) is 3.50.